The van der Waals surface area contributed by atoms with Crippen molar-refractivity contribution in [1.82, 2.24) is 15.3 Å². The first kappa shape index (κ1) is 22.8. The van der Waals surface area contributed by atoms with Gasteiger partial charge in [-0.05, 0) is 42.7 Å². The van der Waals surface area contributed by atoms with Crippen LogP contribution < -0.4 is 10.1 Å². The summed E-state index contributed by atoms with van der Waals surface area (Å²) in [5.41, 5.74) is 1.73. The second kappa shape index (κ2) is 9.49. The Hall–Kier alpha value is -3.90. The highest BCUT2D eigenvalue weighted by Crippen LogP contribution is 2.25. The van der Waals surface area contributed by atoms with E-state index in [1.165, 1.54) is 4.90 Å². The number of nitrogens with one attached hydrogen (secondary N) is 1. The van der Waals surface area contributed by atoms with Gasteiger partial charge in [0.15, 0.2) is 0 Å². The van der Waals surface area contributed by atoms with E-state index in [2.05, 4.69) is 11.4 Å². The summed E-state index contributed by atoms with van der Waals surface area (Å²) in [5, 5.41) is 21.5. The number of imide groups is 1. The number of amides is 4. The fraction of sp³-hybridized carbons (Fsp3) is 0.304. The monoisotopic (exact) mass is 436 g/mol. The third kappa shape index (κ3) is 4.87. The minimum Gasteiger partial charge on any atom is -0.491 e. The van der Waals surface area contributed by atoms with Crippen LogP contribution in [0, 0.1) is 11.3 Å². The van der Waals surface area contributed by atoms with E-state index in [4.69, 9.17) is 10.00 Å². The zero-order chi connectivity index (χ0) is 23.3. The van der Waals surface area contributed by atoms with Crippen molar-refractivity contribution in [2.75, 3.05) is 13.2 Å². The number of carbonyl (C=O) groups excluding carboxylic acids is 3. The summed E-state index contributed by atoms with van der Waals surface area (Å²) in [6, 6.07) is 15.6. The Balaban J connectivity index is 1.68. The van der Waals surface area contributed by atoms with Crippen molar-refractivity contribution in [2.45, 2.75) is 31.8 Å². The fourth-order valence-corrected chi connectivity index (χ4v) is 3.40. The standard InChI is InChI=1S/C23H24N4O5/c1-23(2)21(29)25-22(30)26(23)13-19(27(31)15-28)14-32-20-8-6-17(7-9-20)18-5-3-4-16(12-18)10-11-24/h3-9,12,15,19,31H,10,13-14H2,1-2H3,(H,25,29,30). The topological polar surface area (TPSA) is 123 Å². The first-order valence-corrected chi connectivity index (χ1v) is 10.0. The second-order valence-corrected chi connectivity index (χ2v) is 7.94. The molecule has 9 heteroatoms. The Morgan fingerprint density at radius 3 is 2.53 bits per heavy atom. The molecular formula is C23H24N4O5. The van der Waals surface area contributed by atoms with Crippen LogP contribution in [-0.2, 0) is 16.0 Å². The minimum absolute atomic E-state index is 0.0937. The van der Waals surface area contributed by atoms with Gasteiger partial charge in [0.2, 0.25) is 6.41 Å². The number of ether oxygens (including phenoxy) is 1. The molecule has 1 atom stereocenters. The third-order valence-corrected chi connectivity index (χ3v) is 5.41. The lowest BCUT2D eigenvalue weighted by atomic mass is 10.0. The van der Waals surface area contributed by atoms with Crippen molar-refractivity contribution >= 4 is 18.3 Å². The maximum Gasteiger partial charge on any atom is 0.325 e. The van der Waals surface area contributed by atoms with E-state index in [1.54, 1.807) is 26.0 Å². The van der Waals surface area contributed by atoms with E-state index in [0.717, 1.165) is 16.7 Å². The average Bonchev–Trinajstić information content (AvgIpc) is 2.97. The lowest BCUT2D eigenvalue weighted by molar-refractivity contribution is -0.165. The Morgan fingerprint density at radius 1 is 1.22 bits per heavy atom. The van der Waals surface area contributed by atoms with Gasteiger partial charge < -0.3 is 9.64 Å². The molecule has 0 aromatic heterocycles. The molecule has 1 aliphatic heterocycles. The normalized spacial score (nSPS) is 15.6. The summed E-state index contributed by atoms with van der Waals surface area (Å²) in [6.07, 6.45) is 0.566. The number of nitriles is 1. The predicted octanol–water partition coefficient (Wildman–Crippen LogP) is 2.35. The van der Waals surface area contributed by atoms with Gasteiger partial charge in [0.1, 0.15) is 23.9 Å². The van der Waals surface area contributed by atoms with E-state index in [1.807, 2.05) is 36.4 Å². The van der Waals surface area contributed by atoms with Crippen LogP contribution in [0.1, 0.15) is 19.4 Å². The van der Waals surface area contributed by atoms with Gasteiger partial charge >= 0.3 is 6.03 Å². The molecular weight excluding hydrogens is 412 g/mol. The molecule has 1 unspecified atom stereocenters. The van der Waals surface area contributed by atoms with Gasteiger partial charge in [-0.1, -0.05) is 36.4 Å². The van der Waals surface area contributed by atoms with Crippen LogP contribution in [0.5, 0.6) is 5.75 Å². The molecule has 0 radical (unpaired) electrons. The molecule has 0 spiro atoms. The number of hydroxylamine groups is 2. The largest absolute Gasteiger partial charge is 0.491 e. The molecule has 3 rings (SSSR count). The summed E-state index contributed by atoms with van der Waals surface area (Å²) < 4.78 is 5.74. The van der Waals surface area contributed by atoms with Crippen molar-refractivity contribution in [2.24, 2.45) is 0 Å². The number of urea groups is 1. The molecule has 9 nitrogen and oxygen atoms in total. The van der Waals surface area contributed by atoms with Gasteiger partial charge in [-0.2, -0.15) is 5.26 Å². The first-order valence-electron chi connectivity index (χ1n) is 10.0. The van der Waals surface area contributed by atoms with Crippen LogP contribution >= 0.6 is 0 Å². The van der Waals surface area contributed by atoms with Gasteiger partial charge in [-0.3, -0.25) is 20.1 Å². The Morgan fingerprint density at radius 2 is 1.94 bits per heavy atom. The molecule has 0 saturated carbocycles. The number of benzene rings is 2. The highest BCUT2D eigenvalue weighted by molar-refractivity contribution is 6.06. The highest BCUT2D eigenvalue weighted by atomic mass is 16.5. The molecule has 1 saturated heterocycles. The van der Waals surface area contributed by atoms with Gasteiger partial charge in [0, 0.05) is 6.54 Å². The number of hydrogen-bond donors (Lipinski definition) is 2. The highest BCUT2D eigenvalue weighted by Gasteiger charge is 2.46. The summed E-state index contributed by atoms with van der Waals surface area (Å²) in [4.78, 5) is 36.4. The van der Waals surface area contributed by atoms with Gasteiger partial charge in [-0.15, -0.1) is 0 Å². The smallest absolute Gasteiger partial charge is 0.325 e. The molecule has 2 aromatic rings. The quantitative estimate of drug-likeness (QED) is 0.269. The van der Waals surface area contributed by atoms with E-state index in [9.17, 15) is 19.6 Å². The zero-order valence-corrected chi connectivity index (χ0v) is 17.8. The number of nitrogens with zero attached hydrogens (tertiary/aromatic N) is 3. The van der Waals surface area contributed by atoms with Crippen molar-refractivity contribution in [1.29, 1.82) is 5.26 Å². The molecule has 2 aromatic carbocycles. The molecule has 0 aliphatic carbocycles. The lowest BCUT2D eigenvalue weighted by Crippen LogP contribution is -2.52. The SMILES string of the molecule is CC1(C)C(=O)NC(=O)N1CC(COc1ccc(-c2cccc(CC#N)c2)cc1)N(O)C=O. The Labute approximate surface area is 185 Å². The maximum absolute atomic E-state index is 12.1. The molecule has 4 amide bonds. The van der Waals surface area contributed by atoms with Crippen molar-refractivity contribution in [3.8, 4) is 22.9 Å². The van der Waals surface area contributed by atoms with Crippen LogP contribution in [0.3, 0.4) is 0 Å². The van der Waals surface area contributed by atoms with Gasteiger partial charge in [0.05, 0.1) is 12.5 Å². The molecule has 0 bridgehead atoms. The summed E-state index contributed by atoms with van der Waals surface area (Å²) in [6.45, 7) is 2.97. The molecule has 1 aliphatic rings. The molecule has 1 fully saturated rings. The van der Waals surface area contributed by atoms with Crippen molar-refractivity contribution in [3.63, 3.8) is 0 Å². The van der Waals surface area contributed by atoms with Crippen LogP contribution in [0.2, 0.25) is 0 Å². The van der Waals surface area contributed by atoms with E-state index < -0.39 is 23.5 Å². The van der Waals surface area contributed by atoms with Crippen LogP contribution in [0.25, 0.3) is 11.1 Å². The summed E-state index contributed by atoms with van der Waals surface area (Å²) in [5.74, 6) is 0.0552. The number of hydrogen-bond acceptors (Lipinski definition) is 6. The Bertz CT molecular complexity index is 1050. The third-order valence-electron chi connectivity index (χ3n) is 5.41. The minimum atomic E-state index is -1.11. The number of carbonyl (C=O) groups is 3. The average molecular weight is 436 g/mol. The summed E-state index contributed by atoms with van der Waals surface area (Å²) >= 11 is 0. The van der Waals surface area contributed by atoms with Gasteiger partial charge in [0.25, 0.3) is 5.91 Å². The van der Waals surface area contributed by atoms with Crippen LogP contribution in [0.15, 0.2) is 48.5 Å². The summed E-state index contributed by atoms with van der Waals surface area (Å²) in [7, 11) is 0. The van der Waals surface area contributed by atoms with Crippen molar-refractivity contribution in [3.05, 3.63) is 54.1 Å². The second-order valence-electron chi connectivity index (χ2n) is 7.94. The predicted molar refractivity (Wildman–Crippen MR) is 114 cm³/mol. The van der Waals surface area contributed by atoms with Crippen molar-refractivity contribution < 1.29 is 24.3 Å². The fourth-order valence-electron chi connectivity index (χ4n) is 3.40. The molecule has 166 valence electrons. The first-order chi connectivity index (χ1) is 15.3. The maximum atomic E-state index is 12.1. The van der Waals surface area contributed by atoms with Crippen LogP contribution in [0.4, 0.5) is 4.79 Å². The molecule has 32 heavy (non-hydrogen) atoms. The van der Waals surface area contributed by atoms with Gasteiger partial charge in [-0.25, -0.2) is 9.86 Å². The van der Waals surface area contributed by atoms with E-state index in [0.29, 0.717) is 17.2 Å². The van der Waals surface area contributed by atoms with E-state index >= 15 is 0 Å². The molecule has 1 heterocycles. The Kier molecular flexibility index (Phi) is 6.76. The number of rotatable bonds is 9. The zero-order valence-electron chi connectivity index (χ0n) is 17.8. The van der Waals surface area contributed by atoms with E-state index in [-0.39, 0.29) is 19.6 Å². The molecule has 2 N–H and O–H groups in total. The lowest BCUT2D eigenvalue weighted by Gasteiger charge is -2.33. The van der Waals surface area contributed by atoms with Crippen LogP contribution in [-0.4, -0.2) is 58.3 Å².